The van der Waals surface area contributed by atoms with E-state index in [1.807, 2.05) is 30.3 Å². The zero-order valence-corrected chi connectivity index (χ0v) is 21.7. The van der Waals surface area contributed by atoms with Crippen LogP contribution in [-0.4, -0.2) is 36.2 Å². The normalized spacial score (nSPS) is 10.3. The van der Waals surface area contributed by atoms with Crippen LogP contribution in [0.5, 0.6) is 5.75 Å². The number of thiocarbonyl (C=S) groups is 1. The summed E-state index contributed by atoms with van der Waals surface area (Å²) in [7, 11) is 0. The number of thiophene rings is 1. The number of nitrogens with one attached hydrogen (secondary N) is 2. The van der Waals surface area contributed by atoms with Gasteiger partial charge in [0.2, 0.25) is 0 Å². The second kappa shape index (κ2) is 12.8. The number of benzene rings is 2. The lowest BCUT2D eigenvalue weighted by atomic mass is 10.1. The third kappa shape index (κ3) is 6.89. The summed E-state index contributed by atoms with van der Waals surface area (Å²) in [5.74, 6) is -1.10. The molecule has 0 atom stereocenters. The Morgan fingerprint density at radius 1 is 0.944 bits per heavy atom. The van der Waals surface area contributed by atoms with Gasteiger partial charge in [-0.15, -0.1) is 11.3 Å². The van der Waals surface area contributed by atoms with Gasteiger partial charge in [0, 0.05) is 5.56 Å². The van der Waals surface area contributed by atoms with E-state index < -0.39 is 17.8 Å². The molecule has 0 fully saturated rings. The number of rotatable bonds is 9. The minimum Gasteiger partial charge on any atom is -0.489 e. The first-order chi connectivity index (χ1) is 17.3. The maximum Gasteiger partial charge on any atom is 0.348 e. The standard InChI is InChI=1S/C26H26N2O6S2/c1-4-32-24(30)20-16(3)21(25(31)33-5-2)36-23(20)28-26(35)27-22(29)18-12-9-13-19(14-18)34-15-17-10-7-6-8-11-17/h6-14H,4-5,15H2,1-3H3,(H2,27,28,29,35). The number of carbonyl (C=O) groups is 3. The molecule has 0 unspecified atom stereocenters. The summed E-state index contributed by atoms with van der Waals surface area (Å²) in [6.07, 6.45) is 0. The van der Waals surface area contributed by atoms with Crippen LogP contribution in [0.1, 0.15) is 55.4 Å². The minimum absolute atomic E-state index is 0.0437. The van der Waals surface area contributed by atoms with E-state index in [2.05, 4.69) is 10.6 Å². The molecule has 0 spiro atoms. The molecule has 0 saturated heterocycles. The largest absolute Gasteiger partial charge is 0.489 e. The maximum absolute atomic E-state index is 12.8. The highest BCUT2D eigenvalue weighted by Crippen LogP contribution is 2.34. The molecule has 8 nitrogen and oxygen atoms in total. The molecular weight excluding hydrogens is 500 g/mol. The van der Waals surface area contributed by atoms with E-state index in [-0.39, 0.29) is 33.8 Å². The zero-order valence-electron chi connectivity index (χ0n) is 20.1. The molecule has 10 heteroatoms. The Labute approximate surface area is 218 Å². The molecule has 1 amide bonds. The first-order valence-electron chi connectivity index (χ1n) is 11.2. The predicted octanol–water partition coefficient (Wildman–Crippen LogP) is 5.12. The van der Waals surface area contributed by atoms with Gasteiger partial charge in [-0.3, -0.25) is 10.1 Å². The average Bonchev–Trinajstić information content (AvgIpc) is 3.19. The van der Waals surface area contributed by atoms with Gasteiger partial charge in [-0.2, -0.15) is 0 Å². The van der Waals surface area contributed by atoms with Crippen molar-refractivity contribution in [1.29, 1.82) is 0 Å². The Bertz CT molecular complexity index is 1260. The van der Waals surface area contributed by atoms with Crippen LogP contribution < -0.4 is 15.4 Å². The molecule has 3 aromatic rings. The smallest absolute Gasteiger partial charge is 0.348 e. The minimum atomic E-state index is -0.610. The number of amides is 1. The summed E-state index contributed by atoms with van der Waals surface area (Å²) in [4.78, 5) is 37.9. The van der Waals surface area contributed by atoms with E-state index in [0.29, 0.717) is 23.5 Å². The molecule has 0 aliphatic rings. The number of anilines is 1. The van der Waals surface area contributed by atoms with Gasteiger partial charge in [0.1, 0.15) is 22.2 Å². The highest BCUT2D eigenvalue weighted by molar-refractivity contribution is 7.80. The van der Waals surface area contributed by atoms with Crippen molar-refractivity contribution in [2.75, 3.05) is 18.5 Å². The van der Waals surface area contributed by atoms with E-state index in [9.17, 15) is 14.4 Å². The molecule has 36 heavy (non-hydrogen) atoms. The molecule has 0 aliphatic carbocycles. The Morgan fingerprint density at radius 2 is 1.64 bits per heavy atom. The van der Waals surface area contributed by atoms with E-state index in [4.69, 9.17) is 26.4 Å². The van der Waals surface area contributed by atoms with E-state index in [0.717, 1.165) is 16.9 Å². The lowest BCUT2D eigenvalue weighted by molar-refractivity contribution is 0.0527. The van der Waals surface area contributed by atoms with Crippen molar-refractivity contribution in [2.24, 2.45) is 0 Å². The van der Waals surface area contributed by atoms with Gasteiger partial charge < -0.3 is 19.5 Å². The molecule has 0 aliphatic heterocycles. The van der Waals surface area contributed by atoms with Gasteiger partial charge in [-0.25, -0.2) is 9.59 Å². The molecule has 1 aromatic heterocycles. The quantitative estimate of drug-likeness (QED) is 0.293. The van der Waals surface area contributed by atoms with Crippen LogP contribution in [0.4, 0.5) is 5.00 Å². The van der Waals surface area contributed by atoms with Crippen LogP contribution in [0, 0.1) is 6.92 Å². The first-order valence-corrected chi connectivity index (χ1v) is 12.4. The Balaban J connectivity index is 1.71. The van der Waals surface area contributed by atoms with Crippen molar-refractivity contribution in [3.05, 3.63) is 81.7 Å². The maximum atomic E-state index is 12.8. The second-order valence-electron chi connectivity index (χ2n) is 7.41. The Hall–Kier alpha value is -3.76. The zero-order chi connectivity index (χ0) is 26.1. The number of ether oxygens (including phenoxy) is 3. The molecule has 188 valence electrons. The average molecular weight is 527 g/mol. The fourth-order valence-corrected chi connectivity index (χ4v) is 4.57. The van der Waals surface area contributed by atoms with Crippen LogP contribution in [0.25, 0.3) is 0 Å². The number of carbonyl (C=O) groups excluding carboxylic acids is 3. The van der Waals surface area contributed by atoms with Crippen LogP contribution in [0.3, 0.4) is 0 Å². The van der Waals surface area contributed by atoms with Crippen LogP contribution >= 0.6 is 23.6 Å². The fourth-order valence-electron chi connectivity index (χ4n) is 3.22. The molecule has 0 radical (unpaired) electrons. The summed E-state index contributed by atoms with van der Waals surface area (Å²) in [5, 5.41) is 5.67. The Morgan fingerprint density at radius 3 is 2.33 bits per heavy atom. The molecule has 3 rings (SSSR count). The first kappa shape index (κ1) is 26.8. The van der Waals surface area contributed by atoms with Crippen molar-refractivity contribution in [3.8, 4) is 5.75 Å². The molecule has 2 N–H and O–H groups in total. The number of hydrogen-bond donors (Lipinski definition) is 2. The molecule has 0 saturated carbocycles. The van der Waals surface area contributed by atoms with Crippen LogP contribution in [0.2, 0.25) is 0 Å². The van der Waals surface area contributed by atoms with Gasteiger partial charge in [-0.05, 0) is 62.3 Å². The summed E-state index contributed by atoms with van der Waals surface area (Å²) in [6, 6.07) is 16.4. The van der Waals surface area contributed by atoms with Gasteiger partial charge in [-0.1, -0.05) is 36.4 Å². The lowest BCUT2D eigenvalue weighted by Gasteiger charge is -2.11. The van der Waals surface area contributed by atoms with E-state index >= 15 is 0 Å². The van der Waals surface area contributed by atoms with Gasteiger partial charge in [0.05, 0.1) is 18.8 Å². The summed E-state index contributed by atoms with van der Waals surface area (Å²) >= 11 is 6.31. The third-order valence-corrected chi connectivity index (χ3v) is 6.28. The van der Waals surface area contributed by atoms with Crippen molar-refractivity contribution >= 4 is 51.5 Å². The number of hydrogen-bond acceptors (Lipinski definition) is 8. The van der Waals surface area contributed by atoms with Crippen LogP contribution in [-0.2, 0) is 16.1 Å². The van der Waals surface area contributed by atoms with Crippen LogP contribution in [0.15, 0.2) is 54.6 Å². The van der Waals surface area contributed by atoms with Crippen molar-refractivity contribution in [2.45, 2.75) is 27.4 Å². The fraction of sp³-hybridized carbons (Fsp3) is 0.231. The monoisotopic (exact) mass is 526 g/mol. The molecular formula is C26H26N2O6S2. The van der Waals surface area contributed by atoms with Crippen molar-refractivity contribution in [3.63, 3.8) is 0 Å². The van der Waals surface area contributed by atoms with E-state index in [1.165, 1.54) is 0 Å². The van der Waals surface area contributed by atoms with E-state index in [1.54, 1.807) is 45.0 Å². The summed E-state index contributed by atoms with van der Waals surface area (Å²) in [6.45, 7) is 5.72. The lowest BCUT2D eigenvalue weighted by Crippen LogP contribution is -2.34. The molecule has 2 aromatic carbocycles. The number of esters is 2. The molecule has 1 heterocycles. The second-order valence-corrected chi connectivity index (χ2v) is 8.84. The van der Waals surface area contributed by atoms with Gasteiger partial charge in [0.25, 0.3) is 5.91 Å². The summed E-state index contributed by atoms with van der Waals surface area (Å²) in [5.41, 5.74) is 1.92. The highest BCUT2D eigenvalue weighted by atomic mass is 32.1. The SMILES string of the molecule is CCOC(=O)c1sc(NC(=S)NC(=O)c2cccc(OCc3ccccc3)c2)c(C(=O)OCC)c1C. The Kier molecular flexibility index (Phi) is 9.54. The predicted molar refractivity (Wildman–Crippen MR) is 142 cm³/mol. The van der Waals surface area contributed by atoms with Gasteiger partial charge >= 0.3 is 11.9 Å². The van der Waals surface area contributed by atoms with Gasteiger partial charge in [0.15, 0.2) is 5.11 Å². The molecule has 0 bridgehead atoms. The third-order valence-electron chi connectivity index (χ3n) is 4.89. The van der Waals surface area contributed by atoms with Crippen molar-refractivity contribution in [1.82, 2.24) is 5.32 Å². The topological polar surface area (TPSA) is 103 Å². The highest BCUT2D eigenvalue weighted by Gasteiger charge is 2.27. The van der Waals surface area contributed by atoms with Crippen molar-refractivity contribution < 1.29 is 28.6 Å². The summed E-state index contributed by atoms with van der Waals surface area (Å²) < 4.78 is 16.0.